The minimum Gasteiger partial charge on any atom is -0.360 e. The van der Waals surface area contributed by atoms with Gasteiger partial charge in [0.25, 0.3) is 0 Å². The lowest BCUT2D eigenvalue weighted by Gasteiger charge is -2.49. The molecule has 1 fully saturated rings. The summed E-state index contributed by atoms with van der Waals surface area (Å²) < 4.78 is 0. The Morgan fingerprint density at radius 1 is 0.970 bits per heavy atom. The van der Waals surface area contributed by atoms with Crippen molar-refractivity contribution in [2.45, 2.75) is 71.5 Å². The highest BCUT2D eigenvalue weighted by Gasteiger charge is 2.39. The van der Waals surface area contributed by atoms with Gasteiger partial charge in [-0.05, 0) is 72.1 Å². The molecule has 0 radical (unpaired) electrons. The monoisotopic (exact) mass is 444 g/mol. The molecule has 6 nitrogen and oxygen atoms in total. The smallest absolute Gasteiger partial charge is 0.102 e. The molecule has 2 aromatic heterocycles. The van der Waals surface area contributed by atoms with Crippen LogP contribution in [-0.4, -0.2) is 50.1 Å². The molecule has 33 heavy (non-hydrogen) atoms. The van der Waals surface area contributed by atoms with Crippen LogP contribution in [0.15, 0.2) is 53.8 Å². The fourth-order valence-corrected chi connectivity index (χ4v) is 5.13. The summed E-state index contributed by atoms with van der Waals surface area (Å²) in [6.07, 6.45) is 5.90. The van der Waals surface area contributed by atoms with Gasteiger partial charge >= 0.3 is 0 Å². The van der Waals surface area contributed by atoms with Crippen molar-refractivity contribution in [2.75, 3.05) is 7.05 Å². The van der Waals surface area contributed by atoms with E-state index in [0.29, 0.717) is 6.04 Å². The lowest BCUT2D eigenvalue weighted by molar-refractivity contribution is 0.113. The van der Waals surface area contributed by atoms with E-state index >= 15 is 0 Å². The first-order chi connectivity index (χ1) is 15.5. The number of hydrogen-bond acceptors (Lipinski definition) is 4. The maximum atomic E-state index is 4.96. The summed E-state index contributed by atoms with van der Waals surface area (Å²) in [5, 5.41) is 10.6. The first kappa shape index (κ1) is 23.2. The molecular formula is C27H36N6. The van der Waals surface area contributed by atoms with Gasteiger partial charge in [0.2, 0.25) is 0 Å². The summed E-state index contributed by atoms with van der Waals surface area (Å²) in [5.74, 6) is 1.02. The predicted molar refractivity (Wildman–Crippen MR) is 137 cm³/mol. The topological polar surface area (TPSA) is 69.2 Å². The zero-order chi connectivity index (χ0) is 23.8. The third kappa shape index (κ3) is 5.33. The molecule has 4 rings (SSSR count). The Hall–Kier alpha value is -2.99. The number of H-pyrrole nitrogens is 1. The third-order valence-electron chi connectivity index (χ3n) is 6.58. The maximum absolute atomic E-state index is 4.96. The van der Waals surface area contributed by atoms with Gasteiger partial charge in [-0.1, -0.05) is 24.3 Å². The van der Waals surface area contributed by atoms with E-state index in [1.165, 1.54) is 0 Å². The molecule has 0 amide bonds. The van der Waals surface area contributed by atoms with Gasteiger partial charge < -0.3 is 10.2 Å². The number of aryl methyl sites for hydroxylation is 1. The van der Waals surface area contributed by atoms with Crippen molar-refractivity contribution in [3.05, 3.63) is 54.5 Å². The van der Waals surface area contributed by atoms with Crippen molar-refractivity contribution in [3.8, 4) is 22.4 Å². The second-order valence-electron chi connectivity index (χ2n) is 10.6. The predicted octanol–water partition coefficient (Wildman–Crippen LogP) is 5.74. The summed E-state index contributed by atoms with van der Waals surface area (Å²) in [7, 11) is 2.17. The Labute approximate surface area is 197 Å². The molecule has 0 atom stereocenters. The average molecular weight is 445 g/mol. The Kier molecular flexibility index (Phi) is 6.14. The van der Waals surface area contributed by atoms with Gasteiger partial charge in [0.1, 0.15) is 5.84 Å². The molecule has 0 unspecified atom stereocenters. The van der Waals surface area contributed by atoms with E-state index in [9.17, 15) is 0 Å². The number of aromatic amines is 1. The lowest BCUT2D eigenvalue weighted by Crippen LogP contribution is -2.62. The number of nitrogens with zero attached hydrogens (tertiary/aromatic N) is 4. The van der Waals surface area contributed by atoms with Crippen LogP contribution in [-0.2, 0) is 0 Å². The van der Waals surface area contributed by atoms with Crippen LogP contribution in [0, 0.1) is 6.92 Å². The molecule has 1 aliphatic rings. The van der Waals surface area contributed by atoms with Crippen molar-refractivity contribution in [1.29, 1.82) is 0 Å². The molecule has 6 heteroatoms. The van der Waals surface area contributed by atoms with Gasteiger partial charge in [-0.2, -0.15) is 5.10 Å². The van der Waals surface area contributed by atoms with Gasteiger partial charge in [-0.25, -0.2) is 4.99 Å². The molecule has 0 saturated carbocycles. The molecule has 0 aliphatic carbocycles. The highest BCUT2D eigenvalue weighted by atomic mass is 15.2. The van der Waals surface area contributed by atoms with E-state index in [1.807, 2.05) is 19.3 Å². The van der Waals surface area contributed by atoms with Crippen molar-refractivity contribution >= 4 is 11.5 Å². The number of rotatable bonds is 4. The zero-order valence-corrected chi connectivity index (χ0v) is 20.9. The second-order valence-corrected chi connectivity index (χ2v) is 10.6. The highest BCUT2D eigenvalue weighted by Crippen LogP contribution is 2.32. The SMILES string of the molecule is CC(=Nc1ccc(-c2ccc(-c3cn[nH]c3)cc2)nc1C)N(C)C1CC(C)(C)NC(C)(C)C1. The number of piperidine rings is 1. The van der Waals surface area contributed by atoms with E-state index in [1.54, 1.807) is 0 Å². The molecule has 0 bridgehead atoms. The number of aliphatic imine (C=N–C) groups is 1. The Balaban J connectivity index is 1.52. The van der Waals surface area contributed by atoms with Gasteiger partial charge in [-0.3, -0.25) is 10.1 Å². The first-order valence-corrected chi connectivity index (χ1v) is 11.7. The fraction of sp³-hybridized carbons (Fsp3) is 0.444. The van der Waals surface area contributed by atoms with E-state index in [2.05, 4.69) is 98.5 Å². The standard InChI is InChI=1S/C27H36N6/c1-18-24(31-19(2)33(7)23-14-26(3,4)32-27(5,6)15-23)12-13-25(30-18)21-10-8-20(9-11-21)22-16-28-29-17-22/h8-13,16-17,23,32H,14-15H2,1-7H3,(H,28,29). The van der Waals surface area contributed by atoms with Crippen LogP contribution >= 0.6 is 0 Å². The van der Waals surface area contributed by atoms with Gasteiger partial charge in [0.05, 0.1) is 23.3 Å². The fourth-order valence-electron chi connectivity index (χ4n) is 5.13. The van der Waals surface area contributed by atoms with Crippen LogP contribution in [0.2, 0.25) is 0 Å². The van der Waals surface area contributed by atoms with Crippen LogP contribution in [0.25, 0.3) is 22.4 Å². The van der Waals surface area contributed by atoms with Crippen molar-refractivity contribution in [2.24, 2.45) is 4.99 Å². The molecular weight excluding hydrogens is 408 g/mol. The molecule has 1 aliphatic heterocycles. The molecule has 1 saturated heterocycles. The van der Waals surface area contributed by atoms with E-state index in [4.69, 9.17) is 9.98 Å². The number of benzene rings is 1. The Bertz CT molecular complexity index is 1110. The summed E-state index contributed by atoms with van der Waals surface area (Å²) in [6.45, 7) is 13.3. The van der Waals surface area contributed by atoms with E-state index < -0.39 is 0 Å². The minimum absolute atomic E-state index is 0.104. The summed E-state index contributed by atoms with van der Waals surface area (Å²) >= 11 is 0. The van der Waals surface area contributed by atoms with Crippen LogP contribution in [0.5, 0.6) is 0 Å². The van der Waals surface area contributed by atoms with Gasteiger partial charge in [0.15, 0.2) is 0 Å². The average Bonchev–Trinajstić information content (AvgIpc) is 3.27. The lowest BCUT2D eigenvalue weighted by atomic mass is 9.79. The van der Waals surface area contributed by atoms with E-state index in [0.717, 1.165) is 52.4 Å². The van der Waals surface area contributed by atoms with Gasteiger partial charge in [0, 0.05) is 41.5 Å². The van der Waals surface area contributed by atoms with Crippen LogP contribution in [0.3, 0.4) is 0 Å². The highest BCUT2D eigenvalue weighted by molar-refractivity contribution is 5.83. The van der Waals surface area contributed by atoms with E-state index in [-0.39, 0.29) is 11.1 Å². The Morgan fingerprint density at radius 3 is 2.18 bits per heavy atom. The maximum Gasteiger partial charge on any atom is 0.102 e. The number of amidine groups is 1. The first-order valence-electron chi connectivity index (χ1n) is 11.7. The molecule has 3 aromatic rings. The Morgan fingerprint density at radius 2 is 1.61 bits per heavy atom. The summed E-state index contributed by atoms with van der Waals surface area (Å²) in [5.41, 5.74) is 6.33. The largest absolute Gasteiger partial charge is 0.360 e. The molecule has 1 aromatic carbocycles. The summed E-state index contributed by atoms with van der Waals surface area (Å²) in [6, 6.07) is 13.0. The number of pyridine rings is 1. The van der Waals surface area contributed by atoms with Crippen molar-refractivity contribution in [3.63, 3.8) is 0 Å². The quantitative estimate of drug-likeness (QED) is 0.398. The van der Waals surface area contributed by atoms with Crippen LogP contribution < -0.4 is 5.32 Å². The number of hydrogen-bond donors (Lipinski definition) is 2. The van der Waals surface area contributed by atoms with Crippen molar-refractivity contribution in [1.82, 2.24) is 25.4 Å². The van der Waals surface area contributed by atoms with Crippen LogP contribution in [0.4, 0.5) is 5.69 Å². The van der Waals surface area contributed by atoms with Crippen LogP contribution in [0.1, 0.15) is 53.2 Å². The summed E-state index contributed by atoms with van der Waals surface area (Å²) in [4.78, 5) is 12.2. The molecule has 0 spiro atoms. The normalized spacial score (nSPS) is 18.3. The third-order valence-corrected chi connectivity index (χ3v) is 6.58. The van der Waals surface area contributed by atoms with Gasteiger partial charge in [-0.15, -0.1) is 0 Å². The molecule has 3 heterocycles. The number of aromatic nitrogens is 3. The van der Waals surface area contributed by atoms with Crippen molar-refractivity contribution < 1.29 is 0 Å². The minimum atomic E-state index is 0.104. The zero-order valence-electron chi connectivity index (χ0n) is 20.9. The second kappa shape index (κ2) is 8.75. The number of nitrogens with one attached hydrogen (secondary N) is 2. The molecule has 2 N–H and O–H groups in total. The molecule has 174 valence electrons.